The molecule has 0 saturated carbocycles. The summed E-state index contributed by atoms with van der Waals surface area (Å²) >= 11 is 12.3. The zero-order chi connectivity index (χ0) is 18.1. The molecule has 124 valence electrons. The minimum absolute atomic E-state index is 0.0585. The summed E-state index contributed by atoms with van der Waals surface area (Å²) in [5, 5.41) is 14.7. The van der Waals surface area contributed by atoms with Crippen LogP contribution in [-0.4, -0.2) is 15.6 Å². The van der Waals surface area contributed by atoms with Crippen LogP contribution in [0.25, 0.3) is 11.8 Å². The molecule has 0 aliphatic rings. The van der Waals surface area contributed by atoms with Crippen molar-refractivity contribution >= 4 is 35.1 Å². The molecule has 0 N–H and O–H groups in total. The van der Waals surface area contributed by atoms with Crippen molar-refractivity contribution in [3.63, 3.8) is 0 Å². The third-order valence-corrected chi connectivity index (χ3v) is 4.07. The van der Waals surface area contributed by atoms with Gasteiger partial charge < -0.3 is 0 Å². The fraction of sp³-hybridized carbons (Fsp3) is 0.278. The lowest BCUT2D eigenvalue weighted by molar-refractivity contribution is -0.121. The summed E-state index contributed by atoms with van der Waals surface area (Å²) in [6.45, 7) is 7.09. The number of aromatic nitrogens is 2. The number of carbonyl (C=O) groups is 1. The van der Waals surface area contributed by atoms with Gasteiger partial charge in [-0.25, -0.2) is 4.68 Å². The van der Waals surface area contributed by atoms with Gasteiger partial charge in [0.25, 0.3) is 0 Å². The number of nitriles is 1. The number of hydrogen-bond donors (Lipinski definition) is 0. The number of hydrogen-bond acceptors (Lipinski definition) is 3. The molecule has 0 amide bonds. The Kier molecular flexibility index (Phi) is 5.17. The van der Waals surface area contributed by atoms with E-state index in [1.807, 2.05) is 6.07 Å². The maximum absolute atomic E-state index is 12.4. The van der Waals surface area contributed by atoms with Gasteiger partial charge in [0.15, 0.2) is 5.78 Å². The monoisotopic (exact) mass is 361 g/mol. The SMILES string of the molecule is Cc1nn(-c2ccc(Cl)cc2)c(Cl)c1/C=C(\C#N)C(=O)C(C)(C)C. The molecule has 0 saturated heterocycles. The fourth-order valence-corrected chi connectivity index (χ4v) is 2.58. The Morgan fingerprint density at radius 2 is 1.83 bits per heavy atom. The van der Waals surface area contributed by atoms with E-state index in [1.165, 1.54) is 6.08 Å². The Morgan fingerprint density at radius 1 is 1.25 bits per heavy atom. The Labute approximate surface area is 151 Å². The van der Waals surface area contributed by atoms with Crippen molar-refractivity contribution in [3.05, 3.63) is 51.3 Å². The molecular weight excluding hydrogens is 345 g/mol. The van der Waals surface area contributed by atoms with Crippen LogP contribution in [0.1, 0.15) is 32.0 Å². The summed E-state index contributed by atoms with van der Waals surface area (Å²) in [6, 6.07) is 9.03. The Bertz CT molecular complexity index is 850. The molecule has 2 aromatic rings. The standard InChI is InChI=1S/C18H17Cl2N3O/c1-11-15(9-12(10-21)16(24)18(2,3)4)17(20)23(22-11)14-7-5-13(19)6-8-14/h5-9H,1-4H3/b12-9+. The second kappa shape index (κ2) is 6.80. The van der Waals surface area contributed by atoms with E-state index in [1.54, 1.807) is 56.6 Å². The first-order valence-corrected chi connectivity index (χ1v) is 8.08. The maximum Gasteiger partial charge on any atom is 0.178 e. The van der Waals surface area contributed by atoms with Crippen molar-refractivity contribution < 1.29 is 4.79 Å². The fourth-order valence-electron chi connectivity index (χ4n) is 2.13. The van der Waals surface area contributed by atoms with Crippen LogP contribution >= 0.6 is 23.2 Å². The zero-order valence-corrected chi connectivity index (χ0v) is 15.4. The van der Waals surface area contributed by atoms with Crippen molar-refractivity contribution in [3.8, 4) is 11.8 Å². The normalized spacial score (nSPS) is 12.1. The molecule has 0 bridgehead atoms. The van der Waals surface area contributed by atoms with Crippen molar-refractivity contribution in [2.24, 2.45) is 5.41 Å². The zero-order valence-electron chi connectivity index (χ0n) is 13.9. The van der Waals surface area contributed by atoms with Gasteiger partial charge in [-0.1, -0.05) is 44.0 Å². The van der Waals surface area contributed by atoms with Gasteiger partial charge in [-0.15, -0.1) is 0 Å². The molecule has 0 aliphatic carbocycles. The Hall–Kier alpha value is -2.09. The molecule has 0 radical (unpaired) electrons. The van der Waals surface area contributed by atoms with Crippen LogP contribution in [0.2, 0.25) is 10.2 Å². The van der Waals surface area contributed by atoms with E-state index in [-0.39, 0.29) is 11.4 Å². The van der Waals surface area contributed by atoms with E-state index < -0.39 is 5.41 Å². The average Bonchev–Trinajstić information content (AvgIpc) is 2.79. The van der Waals surface area contributed by atoms with Crippen LogP contribution in [0, 0.1) is 23.7 Å². The molecule has 0 spiro atoms. The first kappa shape index (κ1) is 18.3. The molecule has 0 fully saturated rings. The van der Waals surface area contributed by atoms with Crippen LogP contribution in [-0.2, 0) is 4.79 Å². The van der Waals surface area contributed by atoms with Crippen LogP contribution in [0.5, 0.6) is 0 Å². The van der Waals surface area contributed by atoms with Crippen molar-refractivity contribution in [1.29, 1.82) is 5.26 Å². The number of Topliss-reactive ketones (excluding diaryl/α,β-unsaturated/α-hetero) is 1. The van der Waals surface area contributed by atoms with Gasteiger partial charge in [0, 0.05) is 16.0 Å². The largest absolute Gasteiger partial charge is 0.293 e. The minimum Gasteiger partial charge on any atom is -0.293 e. The lowest BCUT2D eigenvalue weighted by Gasteiger charge is -2.15. The molecule has 0 atom stereocenters. The van der Waals surface area contributed by atoms with Gasteiger partial charge in [-0.2, -0.15) is 10.4 Å². The highest BCUT2D eigenvalue weighted by atomic mass is 35.5. The van der Waals surface area contributed by atoms with Crippen LogP contribution < -0.4 is 0 Å². The highest BCUT2D eigenvalue weighted by Gasteiger charge is 2.26. The summed E-state index contributed by atoms with van der Waals surface area (Å²) < 4.78 is 1.55. The van der Waals surface area contributed by atoms with Crippen molar-refractivity contribution in [2.75, 3.05) is 0 Å². The van der Waals surface area contributed by atoms with Crippen LogP contribution in [0.15, 0.2) is 29.8 Å². The summed E-state index contributed by atoms with van der Waals surface area (Å²) in [4.78, 5) is 12.4. The molecule has 0 aliphatic heterocycles. The topological polar surface area (TPSA) is 58.7 Å². The number of ketones is 1. The molecule has 4 nitrogen and oxygen atoms in total. The summed E-state index contributed by atoms with van der Waals surface area (Å²) in [7, 11) is 0. The molecule has 24 heavy (non-hydrogen) atoms. The third-order valence-electron chi connectivity index (χ3n) is 3.45. The molecular formula is C18H17Cl2N3O. The first-order valence-electron chi connectivity index (χ1n) is 7.33. The van der Waals surface area contributed by atoms with E-state index in [4.69, 9.17) is 23.2 Å². The molecule has 1 heterocycles. The summed E-state index contributed by atoms with van der Waals surface area (Å²) in [5.41, 5.74) is 1.34. The Balaban J connectivity index is 2.53. The number of carbonyl (C=O) groups excluding carboxylic acids is 1. The van der Waals surface area contributed by atoms with E-state index >= 15 is 0 Å². The summed E-state index contributed by atoms with van der Waals surface area (Å²) in [6.07, 6.45) is 1.50. The van der Waals surface area contributed by atoms with Gasteiger partial charge in [0.05, 0.1) is 17.0 Å². The van der Waals surface area contributed by atoms with Gasteiger partial charge in [-0.05, 0) is 37.3 Å². The number of rotatable bonds is 3. The molecule has 0 unspecified atom stereocenters. The van der Waals surface area contributed by atoms with E-state index in [2.05, 4.69) is 5.10 Å². The van der Waals surface area contributed by atoms with Crippen LogP contribution in [0.3, 0.4) is 0 Å². The summed E-state index contributed by atoms with van der Waals surface area (Å²) in [5.74, 6) is -0.236. The van der Waals surface area contributed by atoms with E-state index in [9.17, 15) is 10.1 Å². The average molecular weight is 362 g/mol. The molecule has 1 aromatic carbocycles. The Morgan fingerprint density at radius 3 is 2.33 bits per heavy atom. The number of benzene rings is 1. The van der Waals surface area contributed by atoms with E-state index in [0.717, 1.165) is 5.69 Å². The highest BCUT2D eigenvalue weighted by Crippen LogP contribution is 2.28. The second-order valence-corrected chi connectivity index (χ2v) is 7.22. The lowest BCUT2D eigenvalue weighted by Crippen LogP contribution is -2.21. The minimum atomic E-state index is -0.645. The third kappa shape index (κ3) is 3.69. The van der Waals surface area contributed by atoms with Crippen molar-refractivity contribution in [2.45, 2.75) is 27.7 Å². The second-order valence-electron chi connectivity index (χ2n) is 6.43. The van der Waals surface area contributed by atoms with Gasteiger partial charge in [0.2, 0.25) is 0 Å². The number of nitrogens with zero attached hydrogens (tertiary/aromatic N) is 3. The van der Waals surface area contributed by atoms with Gasteiger partial charge in [-0.3, -0.25) is 4.79 Å². The van der Waals surface area contributed by atoms with Crippen LogP contribution in [0.4, 0.5) is 0 Å². The number of aryl methyl sites for hydroxylation is 1. The lowest BCUT2D eigenvalue weighted by atomic mass is 9.86. The van der Waals surface area contributed by atoms with Gasteiger partial charge >= 0.3 is 0 Å². The molecule has 2 rings (SSSR count). The van der Waals surface area contributed by atoms with Gasteiger partial charge in [0.1, 0.15) is 11.2 Å². The number of halogens is 2. The molecule has 6 heteroatoms. The number of allylic oxidation sites excluding steroid dienone is 1. The van der Waals surface area contributed by atoms with E-state index in [0.29, 0.717) is 21.4 Å². The van der Waals surface area contributed by atoms with Crippen molar-refractivity contribution in [1.82, 2.24) is 9.78 Å². The predicted octanol–water partition coefficient (Wildman–Crippen LogP) is 5.01. The first-order chi connectivity index (χ1) is 11.1. The molecule has 1 aromatic heterocycles. The highest BCUT2D eigenvalue weighted by molar-refractivity contribution is 6.32. The quantitative estimate of drug-likeness (QED) is 0.570. The maximum atomic E-state index is 12.4. The predicted molar refractivity (Wildman–Crippen MR) is 96.4 cm³/mol. The smallest absolute Gasteiger partial charge is 0.178 e.